The van der Waals surface area contributed by atoms with Crippen molar-refractivity contribution in [3.05, 3.63) is 7.43 Å². The molecule has 0 aliphatic rings. The summed E-state index contributed by atoms with van der Waals surface area (Å²) in [4.78, 5) is 35.7. The van der Waals surface area contributed by atoms with E-state index in [1.165, 1.54) is 0 Å². The van der Waals surface area contributed by atoms with Crippen molar-refractivity contribution < 1.29 is 45.1 Å². The summed E-state index contributed by atoms with van der Waals surface area (Å²) in [6.45, 7) is 0. The Labute approximate surface area is 77.5 Å². The van der Waals surface area contributed by atoms with Crippen LogP contribution in [0.2, 0.25) is 0 Å². The summed E-state index contributed by atoms with van der Waals surface area (Å²) < 4.78 is 0. The van der Waals surface area contributed by atoms with Gasteiger partial charge in [0.05, 0.1) is 23.9 Å². The van der Waals surface area contributed by atoms with Crippen molar-refractivity contribution >= 4 is 23.9 Å². The summed E-state index contributed by atoms with van der Waals surface area (Å²) in [6, 6.07) is 0. The molecule has 14 heavy (non-hydrogen) atoms. The fraction of sp³-hybridized carbons (Fsp3) is 0. The quantitative estimate of drug-likeness (QED) is 0.348. The normalized spacial score (nSPS) is 6.29. The molecule has 0 unspecified atom stereocenters. The first-order valence-electron chi connectivity index (χ1n) is 2.13. The van der Waals surface area contributed by atoms with Crippen LogP contribution in [0.3, 0.4) is 0 Å². The van der Waals surface area contributed by atoms with Crippen LogP contribution in [0.1, 0.15) is 0 Å². The van der Waals surface area contributed by atoms with Gasteiger partial charge in [-0.1, -0.05) is 0 Å². The molecule has 0 saturated heterocycles. The van der Waals surface area contributed by atoms with Gasteiger partial charge in [0, 0.05) is 0 Å². The summed E-state index contributed by atoms with van der Waals surface area (Å²) in [6.07, 6.45) is 0. The zero-order chi connectivity index (χ0) is 10.3. The molecular weight excluding hydrogens is 204 g/mol. The molecule has 0 rings (SSSR count). The number of hydrogen-bond donors (Lipinski definition) is 0. The molecule has 0 atom stereocenters. The first-order valence-corrected chi connectivity index (χ1v) is 2.13. The van der Waals surface area contributed by atoms with Gasteiger partial charge in [-0.05, 0) is 0 Å². The van der Waals surface area contributed by atoms with E-state index in [9.17, 15) is 0 Å². The Hall–Kier alpha value is -2.16. The number of carboxylic acid groups (broad SMARTS) is 4. The van der Waals surface area contributed by atoms with Crippen molar-refractivity contribution in [2.75, 3.05) is 0 Å². The molecule has 0 radical (unpaired) electrons. The van der Waals surface area contributed by atoms with Crippen LogP contribution in [0.4, 0.5) is 0 Å². The van der Waals surface area contributed by atoms with Gasteiger partial charge in [-0.2, -0.15) is 0 Å². The minimum absolute atomic E-state index is 0. The van der Waals surface area contributed by atoms with E-state index in [1.54, 1.807) is 0 Å². The number of carboxylic acids is 4. The van der Waals surface area contributed by atoms with E-state index >= 15 is 0 Å². The minimum atomic E-state index is -2.19. The van der Waals surface area contributed by atoms with Gasteiger partial charge in [-0.25, -0.2) is 0 Å². The molecule has 9 nitrogen and oxygen atoms in total. The minimum Gasteiger partial charge on any atom is -0.543 e. The van der Waals surface area contributed by atoms with E-state index in [0.717, 1.165) is 0 Å². The molecule has 0 aliphatic carbocycles. The van der Waals surface area contributed by atoms with Gasteiger partial charge in [-0.15, -0.1) is 0 Å². The second-order valence-electron chi connectivity index (χ2n) is 1.15. The van der Waals surface area contributed by atoms with E-state index in [0.29, 0.717) is 0 Å². The van der Waals surface area contributed by atoms with E-state index in [-0.39, 0.29) is 12.9 Å². The molecule has 0 amide bonds. The predicted octanol–water partition coefficient (Wildman–Crippen LogP) is -7.77. The Bertz CT molecular complexity index is 169. The van der Waals surface area contributed by atoms with Crippen molar-refractivity contribution in [1.82, 2.24) is 0 Å². The first kappa shape index (κ1) is 22.6. The van der Waals surface area contributed by atoms with Crippen LogP contribution in [-0.4, -0.2) is 29.4 Å². The Morgan fingerprint density at radius 1 is 0.571 bits per heavy atom. The van der Waals surface area contributed by atoms with Crippen LogP contribution in [0.5, 0.6) is 0 Å². The smallest absolute Gasteiger partial charge is 0.543 e. The van der Waals surface area contributed by atoms with Gasteiger partial charge in [-0.3, -0.25) is 0 Å². The third-order valence-corrected chi connectivity index (χ3v) is 0.333. The van der Waals surface area contributed by atoms with Crippen molar-refractivity contribution in [1.29, 1.82) is 0 Å². The maximum Gasteiger partial charge on any atom is 4.00 e. The third kappa shape index (κ3) is 22.5. The molecule has 0 bridgehead atoms. The fourth-order valence-corrected chi connectivity index (χ4v) is 0. The molecule has 0 saturated carbocycles. The van der Waals surface area contributed by atoms with Crippen LogP contribution >= 0.6 is 0 Å². The molecule has 0 aliphatic heterocycles. The number of aliphatic carboxylic acids is 4. The van der Waals surface area contributed by atoms with Crippen LogP contribution in [0.25, 0.3) is 0 Å². The molecule has 0 spiro atoms. The Morgan fingerprint density at radius 3 is 0.643 bits per heavy atom. The van der Waals surface area contributed by atoms with Gasteiger partial charge in [0.25, 0.3) is 0 Å². The van der Waals surface area contributed by atoms with Crippen molar-refractivity contribution in [2.45, 2.75) is 0 Å². The summed E-state index contributed by atoms with van der Waals surface area (Å²) in [5, 5.41) is 35.7. The first-order chi connectivity index (χ1) is 5.29. The number of hydrogen-bond acceptors (Lipinski definition) is 8. The van der Waals surface area contributed by atoms with Gasteiger partial charge in [0.15, 0.2) is 0 Å². The monoisotopic (exact) mass is 206 g/mol. The summed E-state index contributed by atoms with van der Waals surface area (Å²) in [5.74, 6) is -8.74. The number of carbonyl (C=O) groups is 4. The van der Waals surface area contributed by atoms with Crippen LogP contribution in [0.15, 0.2) is 0 Å². The Balaban J connectivity index is -0.0000000625. The zero-order valence-electron chi connectivity index (χ0n) is 6.27. The molecule has 9 heteroatoms. The molecule has 0 fully saturated rings. The van der Waals surface area contributed by atoms with E-state index < -0.39 is 23.9 Å². The summed E-state index contributed by atoms with van der Waals surface area (Å²) in [7, 11) is 0. The van der Waals surface area contributed by atoms with Gasteiger partial charge in [0.2, 0.25) is 0 Å². The largest absolute Gasteiger partial charge is 4.00 e. The molecule has 2 N–H and O–H groups in total. The van der Waals surface area contributed by atoms with Crippen LogP contribution in [0, 0.1) is 7.43 Å². The molecular formula is C5H2O9. The Morgan fingerprint density at radius 2 is 0.643 bits per heavy atom. The fourth-order valence-electron chi connectivity index (χ4n) is 0. The van der Waals surface area contributed by atoms with Gasteiger partial charge < -0.3 is 45.1 Å². The maximum atomic E-state index is 8.93. The zero-order valence-corrected chi connectivity index (χ0v) is 6.27. The molecule has 0 aromatic carbocycles. The SMILES string of the molecule is O.O=C([O-])C(=O)[O-].O=C([O-])C(=O)[O-].[C+4]. The summed E-state index contributed by atoms with van der Waals surface area (Å²) in [5.41, 5.74) is 0. The molecule has 0 aromatic heterocycles. The molecule has 0 aromatic rings. The van der Waals surface area contributed by atoms with Crippen LogP contribution < -0.4 is 20.4 Å². The van der Waals surface area contributed by atoms with Crippen molar-refractivity contribution in [3.63, 3.8) is 0 Å². The van der Waals surface area contributed by atoms with Crippen molar-refractivity contribution in [3.8, 4) is 0 Å². The molecule has 76 valence electrons. The van der Waals surface area contributed by atoms with Gasteiger partial charge in [0.1, 0.15) is 0 Å². The third-order valence-electron chi connectivity index (χ3n) is 0.333. The van der Waals surface area contributed by atoms with Gasteiger partial charge >= 0.3 is 7.43 Å². The predicted molar refractivity (Wildman–Crippen MR) is 26.9 cm³/mol. The topological polar surface area (TPSA) is 192 Å². The van der Waals surface area contributed by atoms with E-state index in [1.807, 2.05) is 0 Å². The second-order valence-corrected chi connectivity index (χ2v) is 1.15. The average molecular weight is 206 g/mol. The number of carbonyl (C=O) groups excluding carboxylic acids is 4. The van der Waals surface area contributed by atoms with Crippen LogP contribution in [-0.2, 0) is 19.2 Å². The van der Waals surface area contributed by atoms with E-state index in [2.05, 4.69) is 0 Å². The van der Waals surface area contributed by atoms with E-state index in [4.69, 9.17) is 39.6 Å². The molecule has 0 heterocycles. The van der Waals surface area contributed by atoms with Crippen molar-refractivity contribution in [2.24, 2.45) is 0 Å². The number of rotatable bonds is 0. The maximum absolute atomic E-state index is 8.93. The second kappa shape index (κ2) is 10.8. The standard InChI is InChI=1S/2C2H2O4.C.H2O/c2*3-1(4)2(5)6;;/h2*(H,3,4)(H,5,6);;1H2/q;;+4;/p-4. The average Bonchev–Trinajstić information content (AvgIpc) is 1.88. The summed E-state index contributed by atoms with van der Waals surface area (Å²) >= 11 is 0. The Kier molecular flexibility index (Phi) is 17.5.